The van der Waals surface area contributed by atoms with Crippen LogP contribution in [-0.4, -0.2) is 34.2 Å². The van der Waals surface area contributed by atoms with Crippen molar-refractivity contribution in [3.05, 3.63) is 45.7 Å². The minimum absolute atomic E-state index is 0.0408. The number of aromatic nitrogens is 2. The average molecular weight is 442 g/mol. The van der Waals surface area contributed by atoms with Crippen LogP contribution in [-0.2, 0) is 11.3 Å². The third-order valence-electron chi connectivity index (χ3n) is 5.06. The molecule has 1 aliphatic rings. The van der Waals surface area contributed by atoms with Gasteiger partial charge in [-0.05, 0) is 18.9 Å². The van der Waals surface area contributed by atoms with Crippen LogP contribution in [0.25, 0.3) is 10.9 Å². The van der Waals surface area contributed by atoms with E-state index in [9.17, 15) is 14.4 Å². The molecule has 0 bridgehead atoms. The molecule has 10 heteroatoms. The number of aryl methyl sites for hydroxylation is 1. The van der Waals surface area contributed by atoms with Crippen molar-refractivity contribution in [2.45, 2.75) is 33.4 Å². The Morgan fingerprint density at radius 2 is 2.00 bits per heavy atom. The highest BCUT2D eigenvalue weighted by Crippen LogP contribution is 2.35. The van der Waals surface area contributed by atoms with Gasteiger partial charge < -0.3 is 24.7 Å². The summed E-state index contributed by atoms with van der Waals surface area (Å²) in [7, 11) is 0. The van der Waals surface area contributed by atoms with Crippen LogP contribution < -0.4 is 25.5 Å². The van der Waals surface area contributed by atoms with Crippen LogP contribution in [0.3, 0.4) is 0 Å². The number of nitrogens with zero attached hydrogens (tertiary/aromatic N) is 2. The molecule has 0 radical (unpaired) electrons. The van der Waals surface area contributed by atoms with Gasteiger partial charge in [-0.1, -0.05) is 13.8 Å². The topological polar surface area (TPSA) is 112 Å². The highest BCUT2D eigenvalue weighted by atomic mass is 32.1. The van der Waals surface area contributed by atoms with Gasteiger partial charge in [0.25, 0.3) is 5.91 Å². The van der Waals surface area contributed by atoms with Crippen LogP contribution >= 0.6 is 11.3 Å². The van der Waals surface area contributed by atoms with Crippen molar-refractivity contribution >= 4 is 39.2 Å². The lowest BCUT2D eigenvalue weighted by atomic mass is 10.0. The second kappa shape index (κ2) is 8.38. The summed E-state index contributed by atoms with van der Waals surface area (Å²) < 4.78 is 12.6. The zero-order chi connectivity index (χ0) is 22.1. The normalized spacial score (nSPS) is 13.4. The van der Waals surface area contributed by atoms with E-state index in [1.54, 1.807) is 28.3 Å². The predicted molar refractivity (Wildman–Crippen MR) is 117 cm³/mol. The molecule has 0 aliphatic carbocycles. The van der Waals surface area contributed by atoms with E-state index in [4.69, 9.17) is 9.47 Å². The van der Waals surface area contributed by atoms with Gasteiger partial charge in [0, 0.05) is 30.4 Å². The lowest BCUT2D eigenvalue weighted by Gasteiger charge is -2.21. The van der Waals surface area contributed by atoms with Gasteiger partial charge in [-0.25, -0.2) is 4.98 Å². The number of hydrogen-bond donors (Lipinski definition) is 2. The van der Waals surface area contributed by atoms with Crippen molar-refractivity contribution < 1.29 is 19.1 Å². The Morgan fingerprint density at radius 1 is 1.26 bits per heavy atom. The smallest absolute Gasteiger partial charge is 0.257 e. The first-order valence-electron chi connectivity index (χ1n) is 9.87. The highest BCUT2D eigenvalue weighted by Gasteiger charge is 2.27. The van der Waals surface area contributed by atoms with Gasteiger partial charge in [-0.2, -0.15) is 0 Å². The monoisotopic (exact) mass is 442 g/mol. The summed E-state index contributed by atoms with van der Waals surface area (Å²) in [4.78, 5) is 42.9. The minimum Gasteiger partial charge on any atom is -0.454 e. The zero-order valence-corrected chi connectivity index (χ0v) is 18.1. The Balaban J connectivity index is 1.67. The molecule has 2 amide bonds. The summed E-state index contributed by atoms with van der Waals surface area (Å²) >= 11 is 1.28. The lowest BCUT2D eigenvalue weighted by molar-refractivity contribution is -0.118. The van der Waals surface area contributed by atoms with Crippen molar-refractivity contribution in [2.75, 3.05) is 12.1 Å². The molecule has 2 N–H and O–H groups in total. The fourth-order valence-corrected chi connectivity index (χ4v) is 3.96. The van der Waals surface area contributed by atoms with Gasteiger partial charge in [0.15, 0.2) is 16.6 Å². The first-order valence-corrected chi connectivity index (χ1v) is 10.7. The van der Waals surface area contributed by atoms with Crippen LogP contribution in [0, 0.1) is 5.92 Å². The van der Waals surface area contributed by atoms with Crippen LogP contribution in [0.15, 0.2) is 34.7 Å². The zero-order valence-electron chi connectivity index (χ0n) is 17.3. The number of rotatable bonds is 6. The molecule has 4 rings (SSSR count). The van der Waals surface area contributed by atoms with Gasteiger partial charge >= 0.3 is 0 Å². The first kappa shape index (κ1) is 20.9. The van der Waals surface area contributed by atoms with Gasteiger partial charge in [-0.3, -0.25) is 14.4 Å². The van der Waals surface area contributed by atoms with E-state index in [0.717, 1.165) is 0 Å². The maximum atomic E-state index is 13.1. The SMILES string of the molecule is CCn1cc(C(=O)NC(C(=O)Nc2nccs2)C(C)C)c(=O)c2cc3c(cc21)OCO3. The van der Waals surface area contributed by atoms with Crippen molar-refractivity contribution in [3.63, 3.8) is 0 Å². The lowest BCUT2D eigenvalue weighted by Crippen LogP contribution is -2.48. The van der Waals surface area contributed by atoms with Gasteiger partial charge in [-0.15, -0.1) is 11.3 Å². The quantitative estimate of drug-likeness (QED) is 0.607. The van der Waals surface area contributed by atoms with E-state index in [-0.39, 0.29) is 18.3 Å². The van der Waals surface area contributed by atoms with Gasteiger partial charge in [0.05, 0.1) is 10.9 Å². The molecule has 1 atom stereocenters. The van der Waals surface area contributed by atoms with Gasteiger partial charge in [0.1, 0.15) is 11.6 Å². The molecule has 9 nitrogen and oxygen atoms in total. The molecule has 2 aromatic heterocycles. The molecule has 0 saturated heterocycles. The average Bonchev–Trinajstić information content (AvgIpc) is 3.42. The third kappa shape index (κ3) is 3.98. The molecule has 0 saturated carbocycles. The van der Waals surface area contributed by atoms with Crippen LogP contribution in [0.4, 0.5) is 5.13 Å². The van der Waals surface area contributed by atoms with E-state index in [2.05, 4.69) is 15.6 Å². The van der Waals surface area contributed by atoms with Crippen molar-refractivity contribution in [3.8, 4) is 11.5 Å². The largest absolute Gasteiger partial charge is 0.454 e. The second-order valence-electron chi connectivity index (χ2n) is 7.40. The Morgan fingerprint density at radius 3 is 2.65 bits per heavy atom. The fourth-order valence-electron chi connectivity index (χ4n) is 3.43. The molecule has 1 unspecified atom stereocenters. The van der Waals surface area contributed by atoms with Crippen molar-refractivity contribution in [2.24, 2.45) is 5.92 Å². The Kier molecular flexibility index (Phi) is 5.64. The molecule has 162 valence electrons. The van der Waals surface area contributed by atoms with Gasteiger partial charge in [0.2, 0.25) is 18.1 Å². The maximum Gasteiger partial charge on any atom is 0.257 e. The Hall–Kier alpha value is -3.40. The number of thiazole rings is 1. The molecule has 0 fully saturated rings. The molecule has 1 aromatic carbocycles. The molecule has 0 spiro atoms. The molecule has 3 aromatic rings. The number of fused-ring (bicyclic) bond motifs is 2. The Bertz CT molecular complexity index is 1200. The summed E-state index contributed by atoms with van der Waals surface area (Å²) in [5.41, 5.74) is 0.175. The van der Waals surface area contributed by atoms with E-state index in [1.165, 1.54) is 17.5 Å². The molecule has 31 heavy (non-hydrogen) atoms. The number of hydrogen-bond acceptors (Lipinski definition) is 7. The van der Waals surface area contributed by atoms with E-state index < -0.39 is 23.3 Å². The molecular weight excluding hydrogens is 420 g/mol. The summed E-state index contributed by atoms with van der Waals surface area (Å²) in [6, 6.07) is 2.50. The van der Waals surface area contributed by atoms with Crippen LogP contribution in [0.1, 0.15) is 31.1 Å². The fraction of sp³-hybridized carbons (Fsp3) is 0.333. The number of carbonyl (C=O) groups excluding carboxylic acids is 2. The number of nitrogens with one attached hydrogen (secondary N) is 2. The number of pyridine rings is 1. The maximum absolute atomic E-state index is 13.1. The molecule has 3 heterocycles. The number of benzene rings is 1. The van der Waals surface area contributed by atoms with E-state index in [1.807, 2.05) is 20.8 Å². The number of amides is 2. The summed E-state index contributed by atoms with van der Waals surface area (Å²) in [6.07, 6.45) is 3.09. The number of carbonyl (C=O) groups is 2. The second-order valence-corrected chi connectivity index (χ2v) is 8.30. The summed E-state index contributed by atoms with van der Waals surface area (Å²) in [6.45, 7) is 6.17. The summed E-state index contributed by atoms with van der Waals surface area (Å²) in [5, 5.41) is 7.95. The van der Waals surface area contributed by atoms with Crippen LogP contribution in [0.5, 0.6) is 11.5 Å². The highest BCUT2D eigenvalue weighted by molar-refractivity contribution is 7.13. The Labute approximate surface area is 182 Å². The van der Waals surface area contributed by atoms with Crippen LogP contribution in [0.2, 0.25) is 0 Å². The number of anilines is 1. The third-order valence-corrected chi connectivity index (χ3v) is 5.75. The predicted octanol–water partition coefficient (Wildman–Crippen LogP) is 2.60. The molecule has 1 aliphatic heterocycles. The van der Waals surface area contributed by atoms with Crippen molar-refractivity contribution in [1.29, 1.82) is 0 Å². The standard InChI is InChI=1S/C21H22N4O5S/c1-4-25-9-13(18(26)12-7-15-16(8-14(12)25)30-10-29-15)19(27)23-17(11(2)3)20(28)24-21-22-5-6-31-21/h5-9,11,17H,4,10H2,1-3H3,(H,23,27)(H,22,24,28). The molecular formula is C21H22N4O5S. The van der Waals surface area contributed by atoms with E-state index >= 15 is 0 Å². The van der Waals surface area contributed by atoms with Crippen molar-refractivity contribution in [1.82, 2.24) is 14.9 Å². The number of ether oxygens (including phenoxy) is 2. The summed E-state index contributed by atoms with van der Waals surface area (Å²) in [5.74, 6) is -0.178. The van der Waals surface area contributed by atoms with E-state index in [0.29, 0.717) is 34.1 Å². The minimum atomic E-state index is -0.835. The first-order chi connectivity index (χ1) is 14.9.